The first-order valence-electron chi connectivity index (χ1n) is 23.5. The molecule has 0 radical (unpaired) electrons. The molecule has 0 unspecified atom stereocenters. The van der Waals surface area contributed by atoms with Gasteiger partial charge in [-0.15, -0.1) is 0 Å². The quantitative estimate of drug-likeness (QED) is 0.160. The largest absolute Gasteiger partial charge is 0.308 e. The Balaban J connectivity index is 1.11. The molecule has 0 fully saturated rings. The van der Waals surface area contributed by atoms with Gasteiger partial charge in [-0.05, 0) is 83.9 Å². The van der Waals surface area contributed by atoms with Crippen molar-refractivity contribution in [2.24, 2.45) is 0 Å². The molecule has 14 aromatic rings. The van der Waals surface area contributed by atoms with E-state index < -0.39 is 0 Å². The van der Waals surface area contributed by atoms with Crippen LogP contribution in [0, 0.1) is 0 Å². The van der Waals surface area contributed by atoms with Crippen LogP contribution in [0.5, 0.6) is 0 Å². The van der Waals surface area contributed by atoms with Gasteiger partial charge in [0.1, 0.15) is 0 Å². The molecule has 0 aliphatic rings. The van der Waals surface area contributed by atoms with E-state index in [0.29, 0.717) is 5.82 Å². The second-order valence-electron chi connectivity index (χ2n) is 17.7. The van der Waals surface area contributed by atoms with E-state index in [1.807, 2.05) is 12.1 Å². The number of nitrogens with zero attached hydrogens (tertiary/aromatic N) is 5. The number of benzene rings is 10. The molecule has 69 heavy (non-hydrogen) atoms. The molecule has 10 aromatic carbocycles. The van der Waals surface area contributed by atoms with Crippen LogP contribution in [0.2, 0.25) is 0 Å². The van der Waals surface area contributed by atoms with E-state index in [2.05, 4.69) is 250 Å². The molecular weight excluding hydrogens is 839 g/mol. The van der Waals surface area contributed by atoms with Crippen molar-refractivity contribution >= 4 is 65.4 Å². The Labute approximate surface area is 398 Å². The highest BCUT2D eigenvalue weighted by Crippen LogP contribution is 2.50. The van der Waals surface area contributed by atoms with Crippen LogP contribution in [0.15, 0.2) is 249 Å². The molecule has 4 aromatic heterocycles. The predicted molar refractivity (Wildman–Crippen MR) is 287 cm³/mol. The van der Waals surface area contributed by atoms with Crippen molar-refractivity contribution in [3.8, 4) is 62.1 Å². The van der Waals surface area contributed by atoms with Crippen LogP contribution < -0.4 is 0 Å². The van der Waals surface area contributed by atoms with E-state index in [1.165, 1.54) is 54.4 Å². The highest BCUT2D eigenvalue weighted by Gasteiger charge is 2.29. The fourth-order valence-corrected chi connectivity index (χ4v) is 10.8. The Morgan fingerprint density at radius 2 is 0.609 bits per heavy atom. The third kappa shape index (κ3) is 6.11. The van der Waals surface area contributed by atoms with Gasteiger partial charge in [-0.1, -0.05) is 176 Å². The summed E-state index contributed by atoms with van der Waals surface area (Å²) in [5.74, 6) is 0.685. The Bertz CT molecular complexity index is 4170. The van der Waals surface area contributed by atoms with Crippen LogP contribution in [0.4, 0.5) is 0 Å². The topological polar surface area (TPSA) is 40.6 Å². The molecule has 0 aliphatic heterocycles. The summed E-state index contributed by atoms with van der Waals surface area (Å²) in [4.78, 5) is 10.4. The Hall–Kier alpha value is -9.32. The smallest absolute Gasteiger partial charge is 0.160 e. The lowest BCUT2D eigenvalue weighted by Gasteiger charge is -2.13. The van der Waals surface area contributed by atoms with E-state index in [9.17, 15) is 0 Å². The molecule has 14 rings (SSSR count). The van der Waals surface area contributed by atoms with Crippen molar-refractivity contribution < 1.29 is 0 Å². The first-order chi connectivity index (χ1) is 34.3. The van der Waals surface area contributed by atoms with Gasteiger partial charge in [0, 0.05) is 66.1 Å². The van der Waals surface area contributed by atoms with Gasteiger partial charge in [-0.25, -0.2) is 9.97 Å². The molecule has 4 heterocycles. The number of hydrogen-bond donors (Lipinski definition) is 0. The maximum Gasteiger partial charge on any atom is 0.160 e. The summed E-state index contributed by atoms with van der Waals surface area (Å²) in [5.41, 5.74) is 17.4. The highest BCUT2D eigenvalue weighted by atomic mass is 15.0. The number of hydrogen-bond acceptors (Lipinski definition) is 2. The van der Waals surface area contributed by atoms with Crippen LogP contribution in [0.25, 0.3) is 128 Å². The zero-order valence-corrected chi connectivity index (χ0v) is 37.4. The van der Waals surface area contributed by atoms with Crippen LogP contribution in [0.3, 0.4) is 0 Å². The van der Waals surface area contributed by atoms with Crippen LogP contribution >= 0.6 is 0 Å². The normalized spacial score (nSPS) is 11.8. The number of rotatable bonds is 7. The van der Waals surface area contributed by atoms with Crippen molar-refractivity contribution in [3.05, 3.63) is 249 Å². The number of para-hydroxylation sites is 5. The molecule has 0 spiro atoms. The zero-order valence-electron chi connectivity index (χ0n) is 37.4. The van der Waals surface area contributed by atoms with E-state index in [1.54, 1.807) is 0 Å². The Kier molecular flexibility index (Phi) is 8.83. The van der Waals surface area contributed by atoms with Crippen molar-refractivity contribution in [1.82, 2.24) is 23.7 Å². The molecule has 0 N–H and O–H groups in total. The van der Waals surface area contributed by atoms with E-state index >= 15 is 0 Å². The lowest BCUT2D eigenvalue weighted by Crippen LogP contribution is -1.97. The summed E-state index contributed by atoms with van der Waals surface area (Å²) in [7, 11) is 0. The Morgan fingerprint density at radius 3 is 1.09 bits per heavy atom. The summed E-state index contributed by atoms with van der Waals surface area (Å²) in [6.07, 6.45) is 0. The fraction of sp³-hybridized carbons (Fsp3) is 0. The van der Waals surface area contributed by atoms with Crippen molar-refractivity contribution in [2.45, 2.75) is 0 Å². The lowest BCUT2D eigenvalue weighted by atomic mass is 9.98. The standard InChI is InChI=1S/C64H41N5/c1-6-21-42(22-7-1)53-41-54(43-23-8-2-9-24-43)66-64(65-53)46-26-20-25-44(39-46)45-37-38-57-52(40-45)60-62-58(51-34-17-19-36-56(51)68(62)48-29-12-4-13-30-48)61-59(63(60)69(57)49-31-14-5-15-32-49)50-33-16-18-35-55(50)67(61)47-27-10-3-11-28-47/h1-41H. The third-order valence-electron chi connectivity index (χ3n) is 13.8. The lowest BCUT2D eigenvalue weighted by molar-refractivity contribution is 1.17. The molecule has 0 amide bonds. The molecule has 0 aliphatic carbocycles. The average molecular weight is 880 g/mol. The summed E-state index contributed by atoms with van der Waals surface area (Å²) < 4.78 is 7.51. The van der Waals surface area contributed by atoms with E-state index in [0.717, 1.165) is 67.3 Å². The molecule has 0 saturated heterocycles. The molecule has 5 heteroatoms. The molecule has 322 valence electrons. The SMILES string of the molecule is c1ccc(-c2cc(-c3ccccc3)nc(-c3cccc(-c4ccc5c(c4)c4c6c(c7ccccc7n6-c6ccccc6)c6c(c7ccccc7n6-c6ccccc6)c4n5-c4ccccc4)c3)n2)cc1. The summed E-state index contributed by atoms with van der Waals surface area (Å²) in [6.45, 7) is 0. The summed E-state index contributed by atoms with van der Waals surface area (Å²) >= 11 is 0. The minimum Gasteiger partial charge on any atom is -0.308 e. The summed E-state index contributed by atoms with van der Waals surface area (Å²) in [6, 6.07) is 89.1. The molecule has 5 nitrogen and oxygen atoms in total. The molecular formula is C64H41N5. The maximum atomic E-state index is 5.21. The van der Waals surface area contributed by atoms with Gasteiger partial charge in [0.15, 0.2) is 5.82 Å². The minimum absolute atomic E-state index is 0.685. The average Bonchev–Trinajstić information content (AvgIpc) is 4.08. The first kappa shape index (κ1) is 38.9. The van der Waals surface area contributed by atoms with Gasteiger partial charge < -0.3 is 13.7 Å². The summed E-state index contributed by atoms with van der Waals surface area (Å²) in [5, 5.41) is 7.24. The fourth-order valence-electron chi connectivity index (χ4n) is 10.8. The second kappa shape index (κ2) is 15.7. The van der Waals surface area contributed by atoms with Crippen molar-refractivity contribution in [2.75, 3.05) is 0 Å². The van der Waals surface area contributed by atoms with Gasteiger partial charge >= 0.3 is 0 Å². The van der Waals surface area contributed by atoms with Gasteiger partial charge in [0.25, 0.3) is 0 Å². The maximum absolute atomic E-state index is 5.21. The zero-order chi connectivity index (χ0) is 45.4. The first-order valence-corrected chi connectivity index (χ1v) is 23.5. The molecule has 0 bridgehead atoms. The van der Waals surface area contributed by atoms with Crippen LogP contribution in [-0.4, -0.2) is 23.7 Å². The van der Waals surface area contributed by atoms with Gasteiger partial charge in [0.2, 0.25) is 0 Å². The van der Waals surface area contributed by atoms with Crippen LogP contribution in [-0.2, 0) is 0 Å². The van der Waals surface area contributed by atoms with Gasteiger partial charge in [-0.3, -0.25) is 0 Å². The predicted octanol–water partition coefficient (Wildman–Crippen LogP) is 16.4. The van der Waals surface area contributed by atoms with Crippen molar-refractivity contribution in [3.63, 3.8) is 0 Å². The van der Waals surface area contributed by atoms with E-state index in [4.69, 9.17) is 9.97 Å². The van der Waals surface area contributed by atoms with Gasteiger partial charge in [0.05, 0.1) is 44.5 Å². The Morgan fingerprint density at radius 1 is 0.246 bits per heavy atom. The van der Waals surface area contributed by atoms with E-state index in [-0.39, 0.29) is 0 Å². The third-order valence-corrected chi connectivity index (χ3v) is 13.8. The molecule has 0 atom stereocenters. The van der Waals surface area contributed by atoms with Crippen molar-refractivity contribution in [1.29, 1.82) is 0 Å². The second-order valence-corrected chi connectivity index (χ2v) is 17.7. The van der Waals surface area contributed by atoms with Gasteiger partial charge in [-0.2, -0.15) is 0 Å². The number of aromatic nitrogens is 5. The van der Waals surface area contributed by atoms with Crippen LogP contribution in [0.1, 0.15) is 0 Å². The molecule has 0 saturated carbocycles. The minimum atomic E-state index is 0.685. The monoisotopic (exact) mass is 879 g/mol. The highest BCUT2D eigenvalue weighted by molar-refractivity contribution is 6.40. The number of fused-ring (bicyclic) bond motifs is 12.